The maximum Gasteiger partial charge on any atom is 0.180 e. The quantitative estimate of drug-likeness (QED) is 0.798. The number of sulfone groups is 1. The first-order valence-electron chi connectivity index (χ1n) is 6.40. The molecule has 0 N–H and O–H groups in total. The van der Waals surface area contributed by atoms with Gasteiger partial charge in [0, 0.05) is 0 Å². The Morgan fingerprint density at radius 1 is 0.950 bits per heavy atom. The second kappa shape index (κ2) is 5.98. The van der Waals surface area contributed by atoms with Crippen molar-refractivity contribution in [3.05, 3.63) is 65.2 Å². The first kappa shape index (κ1) is 15.1. The molecule has 106 valence electrons. The monoisotopic (exact) mass is 308 g/mol. The lowest BCUT2D eigenvalue weighted by Crippen LogP contribution is -2.13. The van der Waals surface area contributed by atoms with Crippen molar-refractivity contribution in [1.82, 2.24) is 0 Å². The van der Waals surface area contributed by atoms with E-state index in [1.807, 2.05) is 32.0 Å². The van der Waals surface area contributed by atoms with Gasteiger partial charge in [-0.05, 0) is 42.7 Å². The smallest absolute Gasteiger partial charge is 0.180 e. The number of benzene rings is 2. The van der Waals surface area contributed by atoms with Crippen LogP contribution in [0.5, 0.6) is 0 Å². The van der Waals surface area contributed by atoms with Gasteiger partial charge in [0.15, 0.2) is 9.84 Å². The zero-order chi connectivity index (χ0) is 14.8. The van der Waals surface area contributed by atoms with E-state index < -0.39 is 15.2 Å². The summed E-state index contributed by atoms with van der Waals surface area (Å²) in [6.45, 7) is 3.90. The molecule has 0 amide bonds. The van der Waals surface area contributed by atoms with Gasteiger partial charge in [-0.15, -0.1) is 11.6 Å². The Balaban J connectivity index is 2.31. The number of rotatable bonds is 4. The van der Waals surface area contributed by atoms with Gasteiger partial charge >= 0.3 is 0 Å². The van der Waals surface area contributed by atoms with Gasteiger partial charge in [-0.2, -0.15) is 0 Å². The second-order valence-electron chi connectivity index (χ2n) is 4.87. The average molecular weight is 309 g/mol. The molecular weight excluding hydrogens is 292 g/mol. The number of aryl methyl sites for hydroxylation is 2. The fraction of sp³-hybridized carbons (Fsp3) is 0.250. The summed E-state index contributed by atoms with van der Waals surface area (Å²) >= 11 is 6.37. The molecule has 0 aliphatic rings. The molecule has 2 aromatic carbocycles. The highest BCUT2D eigenvalue weighted by atomic mass is 35.5. The van der Waals surface area contributed by atoms with Gasteiger partial charge in [-0.25, -0.2) is 8.42 Å². The minimum atomic E-state index is -3.37. The molecule has 2 nitrogen and oxygen atoms in total. The van der Waals surface area contributed by atoms with Gasteiger partial charge in [-0.3, -0.25) is 0 Å². The average Bonchev–Trinajstić information content (AvgIpc) is 2.39. The van der Waals surface area contributed by atoms with Crippen LogP contribution in [0.15, 0.2) is 53.4 Å². The van der Waals surface area contributed by atoms with E-state index in [-0.39, 0.29) is 5.75 Å². The molecule has 1 unspecified atom stereocenters. The summed E-state index contributed by atoms with van der Waals surface area (Å²) < 4.78 is 24.7. The highest BCUT2D eigenvalue weighted by Crippen LogP contribution is 2.30. The van der Waals surface area contributed by atoms with Gasteiger partial charge in [0.2, 0.25) is 0 Å². The van der Waals surface area contributed by atoms with Gasteiger partial charge in [0.05, 0.1) is 16.0 Å². The van der Waals surface area contributed by atoms with Crippen molar-refractivity contribution in [2.24, 2.45) is 0 Å². The summed E-state index contributed by atoms with van der Waals surface area (Å²) in [5.41, 5.74) is 2.95. The maximum absolute atomic E-state index is 12.4. The predicted octanol–water partition coefficient (Wildman–Crippen LogP) is 4.06. The number of alkyl halides is 1. The summed E-state index contributed by atoms with van der Waals surface area (Å²) in [5.74, 6) is -0.0930. The topological polar surface area (TPSA) is 34.1 Å². The molecule has 0 aliphatic heterocycles. The number of hydrogen-bond acceptors (Lipinski definition) is 2. The van der Waals surface area contributed by atoms with Crippen LogP contribution in [0.3, 0.4) is 0 Å². The fourth-order valence-corrected chi connectivity index (χ4v) is 4.48. The van der Waals surface area contributed by atoms with E-state index in [0.29, 0.717) is 4.90 Å². The molecule has 2 rings (SSSR count). The SMILES string of the molecule is Cc1cccc(C)c1C(Cl)CS(=O)(=O)c1ccccc1. The Morgan fingerprint density at radius 2 is 1.50 bits per heavy atom. The molecule has 0 radical (unpaired) electrons. The van der Waals surface area contributed by atoms with Crippen molar-refractivity contribution >= 4 is 21.4 Å². The van der Waals surface area contributed by atoms with Crippen molar-refractivity contribution in [3.63, 3.8) is 0 Å². The zero-order valence-electron chi connectivity index (χ0n) is 11.5. The Bertz CT molecular complexity index is 673. The van der Waals surface area contributed by atoms with E-state index in [4.69, 9.17) is 11.6 Å². The minimum Gasteiger partial charge on any atom is -0.224 e. The van der Waals surface area contributed by atoms with Gasteiger partial charge in [-0.1, -0.05) is 36.4 Å². The van der Waals surface area contributed by atoms with E-state index >= 15 is 0 Å². The van der Waals surface area contributed by atoms with Crippen LogP contribution in [0.2, 0.25) is 0 Å². The van der Waals surface area contributed by atoms with E-state index in [1.54, 1.807) is 30.3 Å². The number of halogens is 1. The third-order valence-electron chi connectivity index (χ3n) is 3.32. The molecule has 0 spiro atoms. The third-order valence-corrected chi connectivity index (χ3v) is 5.64. The van der Waals surface area contributed by atoms with Crippen molar-refractivity contribution < 1.29 is 8.42 Å². The third kappa shape index (κ3) is 3.22. The molecule has 1 atom stereocenters. The van der Waals surface area contributed by atoms with Crippen LogP contribution in [-0.4, -0.2) is 14.2 Å². The van der Waals surface area contributed by atoms with Gasteiger partial charge < -0.3 is 0 Å². The summed E-state index contributed by atoms with van der Waals surface area (Å²) in [7, 11) is -3.37. The lowest BCUT2D eigenvalue weighted by atomic mass is 10.0. The van der Waals surface area contributed by atoms with Crippen LogP contribution in [0, 0.1) is 13.8 Å². The van der Waals surface area contributed by atoms with E-state index in [9.17, 15) is 8.42 Å². The molecular formula is C16H17ClO2S. The highest BCUT2D eigenvalue weighted by molar-refractivity contribution is 7.91. The van der Waals surface area contributed by atoms with Crippen molar-refractivity contribution in [1.29, 1.82) is 0 Å². The Kier molecular flexibility index (Phi) is 4.51. The second-order valence-corrected chi connectivity index (χ2v) is 7.43. The van der Waals surface area contributed by atoms with Crippen LogP contribution >= 0.6 is 11.6 Å². The van der Waals surface area contributed by atoms with Crippen LogP contribution in [0.1, 0.15) is 22.1 Å². The predicted molar refractivity (Wildman–Crippen MR) is 83.0 cm³/mol. The van der Waals surface area contributed by atoms with Crippen molar-refractivity contribution in [2.45, 2.75) is 24.1 Å². The number of hydrogen-bond donors (Lipinski definition) is 0. The molecule has 4 heteroatoms. The summed E-state index contributed by atoms with van der Waals surface area (Å²) in [4.78, 5) is 0.317. The molecule has 0 saturated carbocycles. The van der Waals surface area contributed by atoms with E-state index in [2.05, 4.69) is 0 Å². The fourth-order valence-electron chi connectivity index (χ4n) is 2.32. The molecule has 0 saturated heterocycles. The summed E-state index contributed by atoms with van der Waals surface area (Å²) in [6.07, 6.45) is 0. The molecule has 2 aromatic rings. The largest absolute Gasteiger partial charge is 0.224 e. The Morgan fingerprint density at radius 3 is 2.05 bits per heavy atom. The van der Waals surface area contributed by atoms with Crippen molar-refractivity contribution in [2.75, 3.05) is 5.75 Å². The van der Waals surface area contributed by atoms with Gasteiger partial charge in [0.25, 0.3) is 0 Å². The zero-order valence-corrected chi connectivity index (χ0v) is 13.1. The standard InChI is InChI=1S/C16H17ClO2S/c1-12-7-6-8-13(2)16(12)15(17)11-20(18,19)14-9-4-3-5-10-14/h3-10,15H,11H2,1-2H3. The Labute approximate surface area is 125 Å². The van der Waals surface area contributed by atoms with E-state index in [0.717, 1.165) is 16.7 Å². The first-order chi connectivity index (χ1) is 9.42. The summed E-state index contributed by atoms with van der Waals surface area (Å²) in [5, 5.41) is -0.540. The molecule has 0 fully saturated rings. The van der Waals surface area contributed by atoms with E-state index in [1.165, 1.54) is 0 Å². The molecule has 0 bridgehead atoms. The Hall–Kier alpha value is -1.32. The minimum absolute atomic E-state index is 0.0930. The molecule has 20 heavy (non-hydrogen) atoms. The lowest BCUT2D eigenvalue weighted by Gasteiger charge is -2.16. The van der Waals surface area contributed by atoms with Crippen LogP contribution in [0.25, 0.3) is 0 Å². The lowest BCUT2D eigenvalue weighted by molar-refractivity contribution is 0.594. The summed E-state index contributed by atoms with van der Waals surface area (Å²) in [6, 6.07) is 14.3. The van der Waals surface area contributed by atoms with Crippen molar-refractivity contribution in [3.8, 4) is 0 Å². The molecule has 0 aliphatic carbocycles. The van der Waals surface area contributed by atoms with Crippen LogP contribution < -0.4 is 0 Å². The van der Waals surface area contributed by atoms with Gasteiger partial charge in [0.1, 0.15) is 0 Å². The maximum atomic E-state index is 12.4. The first-order valence-corrected chi connectivity index (χ1v) is 8.48. The molecule has 0 aromatic heterocycles. The highest BCUT2D eigenvalue weighted by Gasteiger charge is 2.22. The normalized spacial score (nSPS) is 13.2. The molecule has 0 heterocycles. The van der Waals surface area contributed by atoms with Crippen LogP contribution in [0.4, 0.5) is 0 Å². The van der Waals surface area contributed by atoms with Crippen LogP contribution in [-0.2, 0) is 9.84 Å².